The van der Waals surface area contributed by atoms with Crippen LogP contribution in [0, 0.1) is 0 Å². The highest BCUT2D eigenvalue weighted by Gasteiger charge is 2.20. The van der Waals surface area contributed by atoms with Gasteiger partial charge in [0.05, 0.1) is 0 Å². The van der Waals surface area contributed by atoms with E-state index in [2.05, 4.69) is 42.1 Å². The maximum Gasteiger partial charge on any atom is 0.673 e. The molecule has 0 bridgehead atoms. The van der Waals surface area contributed by atoms with Crippen LogP contribution in [0.25, 0.3) is 0 Å². The van der Waals surface area contributed by atoms with E-state index in [4.69, 9.17) is 0 Å². The molecule has 1 nitrogen and oxygen atoms in total. The SMILES string of the molecule is C[N+]1=Cc2ccccc2CC1.F[B-](F)(F)F. The third-order valence-corrected chi connectivity index (χ3v) is 2.15. The largest absolute Gasteiger partial charge is 0.673 e. The topological polar surface area (TPSA) is 3.01 Å². The first-order chi connectivity index (χ1) is 7.36. The molecule has 0 spiro atoms. The molecule has 0 atom stereocenters. The molecule has 1 heterocycles. The molecule has 1 aliphatic rings. The Balaban J connectivity index is 0.000000221. The second-order valence-electron chi connectivity index (χ2n) is 3.55. The first-order valence-corrected chi connectivity index (χ1v) is 4.86. The maximum absolute atomic E-state index is 9.75. The second kappa shape index (κ2) is 5.14. The third-order valence-electron chi connectivity index (χ3n) is 2.15. The summed E-state index contributed by atoms with van der Waals surface area (Å²) in [5.74, 6) is 0. The van der Waals surface area contributed by atoms with Crippen molar-refractivity contribution in [3.63, 3.8) is 0 Å². The van der Waals surface area contributed by atoms with E-state index in [-0.39, 0.29) is 0 Å². The van der Waals surface area contributed by atoms with Gasteiger partial charge in [0.15, 0.2) is 6.21 Å². The van der Waals surface area contributed by atoms with Gasteiger partial charge in [0, 0.05) is 12.0 Å². The molecule has 0 saturated heterocycles. The van der Waals surface area contributed by atoms with Gasteiger partial charge in [-0.25, -0.2) is 4.58 Å². The first-order valence-electron chi connectivity index (χ1n) is 4.86. The predicted molar refractivity (Wildman–Crippen MR) is 56.5 cm³/mol. The summed E-state index contributed by atoms with van der Waals surface area (Å²) >= 11 is 0. The van der Waals surface area contributed by atoms with E-state index in [1.807, 2.05) is 0 Å². The zero-order chi connectivity index (χ0) is 12.2. The number of fused-ring (bicyclic) bond motifs is 1. The number of benzene rings is 1. The van der Waals surface area contributed by atoms with Crippen LogP contribution in [-0.4, -0.2) is 31.6 Å². The fraction of sp³-hybridized carbons (Fsp3) is 0.300. The van der Waals surface area contributed by atoms with Gasteiger partial charge in [0.1, 0.15) is 13.6 Å². The molecule has 0 saturated carbocycles. The van der Waals surface area contributed by atoms with Crippen LogP contribution in [0.15, 0.2) is 24.3 Å². The van der Waals surface area contributed by atoms with Gasteiger partial charge >= 0.3 is 7.25 Å². The van der Waals surface area contributed by atoms with E-state index in [0.29, 0.717) is 0 Å². The maximum atomic E-state index is 9.75. The lowest BCUT2D eigenvalue weighted by molar-refractivity contribution is -0.493. The van der Waals surface area contributed by atoms with Gasteiger partial charge in [0.2, 0.25) is 0 Å². The molecule has 1 aromatic rings. The molecule has 1 aliphatic heterocycles. The standard InChI is InChI=1S/C10H12N.BF4/c1-11-7-6-9-4-2-3-5-10(9)8-11;2-1(3,4)5/h2-5,8H,6-7H2,1H3;/q+1;-1. The van der Waals surface area contributed by atoms with Crippen molar-refractivity contribution in [1.29, 1.82) is 0 Å². The summed E-state index contributed by atoms with van der Waals surface area (Å²) in [5.41, 5.74) is 2.85. The molecule has 88 valence electrons. The monoisotopic (exact) mass is 233 g/mol. The van der Waals surface area contributed by atoms with Crippen molar-refractivity contribution in [3.05, 3.63) is 35.4 Å². The fourth-order valence-corrected chi connectivity index (χ4v) is 1.49. The Labute approximate surface area is 91.5 Å². The Morgan fingerprint density at radius 3 is 2.31 bits per heavy atom. The lowest BCUT2D eigenvalue weighted by atomic mass is 10.0. The minimum atomic E-state index is -6.00. The average molecular weight is 233 g/mol. The summed E-state index contributed by atoms with van der Waals surface area (Å²) in [6.45, 7) is 1.15. The van der Waals surface area contributed by atoms with Crippen LogP contribution in [0.4, 0.5) is 17.3 Å². The van der Waals surface area contributed by atoms with Crippen molar-refractivity contribution < 1.29 is 21.8 Å². The number of halogens is 4. The van der Waals surface area contributed by atoms with Crippen LogP contribution in [-0.2, 0) is 6.42 Å². The molecule has 2 rings (SSSR count). The first kappa shape index (κ1) is 12.7. The van der Waals surface area contributed by atoms with Crippen LogP contribution in [0.2, 0.25) is 0 Å². The van der Waals surface area contributed by atoms with Crippen molar-refractivity contribution in [2.24, 2.45) is 0 Å². The Hall–Kier alpha value is -1.33. The Morgan fingerprint density at radius 1 is 1.12 bits per heavy atom. The van der Waals surface area contributed by atoms with Gasteiger partial charge in [-0.05, 0) is 11.6 Å². The summed E-state index contributed by atoms with van der Waals surface area (Å²) in [7, 11) is -3.88. The highest BCUT2D eigenvalue weighted by molar-refractivity contribution is 6.50. The van der Waals surface area contributed by atoms with Crippen molar-refractivity contribution in [2.45, 2.75) is 6.42 Å². The molecule has 0 aromatic heterocycles. The molecule has 16 heavy (non-hydrogen) atoms. The van der Waals surface area contributed by atoms with Gasteiger partial charge in [-0.1, -0.05) is 18.2 Å². The van der Waals surface area contributed by atoms with Gasteiger partial charge in [-0.2, -0.15) is 0 Å². The molecular weight excluding hydrogens is 221 g/mol. The van der Waals surface area contributed by atoms with E-state index < -0.39 is 7.25 Å². The third kappa shape index (κ3) is 4.95. The zero-order valence-electron chi connectivity index (χ0n) is 8.84. The van der Waals surface area contributed by atoms with Gasteiger partial charge in [0.25, 0.3) is 0 Å². The molecular formula is C10H12BF4N. The van der Waals surface area contributed by atoms with E-state index >= 15 is 0 Å². The summed E-state index contributed by atoms with van der Waals surface area (Å²) in [6, 6.07) is 8.58. The minimum absolute atomic E-state index is 1.15. The van der Waals surface area contributed by atoms with Crippen LogP contribution in [0.1, 0.15) is 11.1 Å². The minimum Gasteiger partial charge on any atom is -0.418 e. The van der Waals surface area contributed by atoms with Gasteiger partial charge in [-0.3, -0.25) is 0 Å². The number of hydrogen-bond donors (Lipinski definition) is 0. The number of rotatable bonds is 0. The normalized spacial score (nSPS) is 14.4. The molecule has 0 unspecified atom stereocenters. The molecule has 0 fully saturated rings. The second-order valence-corrected chi connectivity index (χ2v) is 3.55. The van der Waals surface area contributed by atoms with E-state index in [1.165, 1.54) is 17.5 Å². The number of nitrogens with zero attached hydrogens (tertiary/aromatic N) is 1. The summed E-state index contributed by atoms with van der Waals surface area (Å²) < 4.78 is 41.2. The quantitative estimate of drug-likeness (QED) is 0.368. The molecule has 1 aromatic carbocycles. The summed E-state index contributed by atoms with van der Waals surface area (Å²) in [4.78, 5) is 0. The molecule has 0 amide bonds. The summed E-state index contributed by atoms with van der Waals surface area (Å²) in [5, 5.41) is 0. The molecule has 0 N–H and O–H groups in total. The zero-order valence-corrected chi connectivity index (χ0v) is 8.84. The highest BCUT2D eigenvalue weighted by Crippen LogP contribution is 2.09. The molecule has 0 aliphatic carbocycles. The number of likely N-dealkylation sites (N-methyl/N-ethyl adjacent to an activating group) is 1. The smallest absolute Gasteiger partial charge is 0.418 e. The van der Waals surface area contributed by atoms with E-state index in [9.17, 15) is 17.3 Å². The molecule has 0 radical (unpaired) electrons. The summed E-state index contributed by atoms with van der Waals surface area (Å²) in [6.07, 6.45) is 3.39. The number of hydrogen-bond acceptors (Lipinski definition) is 0. The van der Waals surface area contributed by atoms with Gasteiger partial charge < -0.3 is 17.3 Å². The van der Waals surface area contributed by atoms with E-state index in [0.717, 1.165) is 6.54 Å². The Bertz CT molecular complexity index is 381. The Kier molecular flexibility index (Phi) is 4.09. The lowest BCUT2D eigenvalue weighted by Crippen LogP contribution is -2.18. The fourth-order valence-electron chi connectivity index (χ4n) is 1.49. The van der Waals surface area contributed by atoms with E-state index in [1.54, 1.807) is 0 Å². The molecule has 6 heteroatoms. The average Bonchev–Trinajstić information content (AvgIpc) is 2.15. The predicted octanol–water partition coefficient (Wildman–Crippen LogP) is 2.60. The van der Waals surface area contributed by atoms with Crippen LogP contribution in [0.5, 0.6) is 0 Å². The highest BCUT2D eigenvalue weighted by atomic mass is 19.5. The lowest BCUT2D eigenvalue weighted by Gasteiger charge is -2.08. The van der Waals surface area contributed by atoms with Crippen LogP contribution < -0.4 is 0 Å². The van der Waals surface area contributed by atoms with Gasteiger partial charge in [-0.15, -0.1) is 0 Å². The van der Waals surface area contributed by atoms with Crippen LogP contribution in [0.3, 0.4) is 0 Å². The van der Waals surface area contributed by atoms with Crippen molar-refractivity contribution in [3.8, 4) is 0 Å². The Morgan fingerprint density at radius 2 is 1.69 bits per heavy atom. The van der Waals surface area contributed by atoms with Crippen molar-refractivity contribution in [2.75, 3.05) is 13.6 Å². The van der Waals surface area contributed by atoms with Crippen molar-refractivity contribution in [1.82, 2.24) is 0 Å². The van der Waals surface area contributed by atoms with Crippen molar-refractivity contribution >= 4 is 13.5 Å². The van der Waals surface area contributed by atoms with Crippen LogP contribution >= 0.6 is 0 Å².